The second-order valence-electron chi connectivity index (χ2n) is 3.83. The summed E-state index contributed by atoms with van der Waals surface area (Å²) >= 11 is 0. The lowest BCUT2D eigenvalue weighted by atomic mass is 9.97. The van der Waals surface area contributed by atoms with Crippen LogP contribution in [0.15, 0.2) is 30.3 Å². The van der Waals surface area contributed by atoms with E-state index in [0.29, 0.717) is 5.75 Å². The molecule has 0 aliphatic rings. The summed E-state index contributed by atoms with van der Waals surface area (Å²) in [5.74, 6) is 0.379. The van der Waals surface area contributed by atoms with Gasteiger partial charge >= 0.3 is 0 Å². The summed E-state index contributed by atoms with van der Waals surface area (Å²) in [6, 6.07) is 9.99. The third-order valence-electron chi connectivity index (χ3n) is 2.94. The Morgan fingerprint density at radius 1 is 1.00 bits per heavy atom. The Kier molecular flexibility index (Phi) is 2.63. The summed E-state index contributed by atoms with van der Waals surface area (Å²) in [6.07, 6.45) is 2.07. The zero-order valence-corrected chi connectivity index (χ0v) is 9.25. The van der Waals surface area contributed by atoms with Gasteiger partial charge in [0.2, 0.25) is 0 Å². The highest BCUT2D eigenvalue weighted by Gasteiger charge is 2.04. The first-order valence-electron chi connectivity index (χ1n) is 5.49. The lowest BCUT2D eigenvalue weighted by Crippen LogP contribution is -1.91. The Balaban J connectivity index is 2.75. The number of phenolic OH excluding ortho intramolecular Hbond substituents is 1. The van der Waals surface area contributed by atoms with Crippen LogP contribution < -0.4 is 0 Å². The molecule has 0 bridgehead atoms. The highest BCUT2D eigenvalue weighted by atomic mass is 16.3. The first kappa shape index (κ1) is 10.0. The van der Waals surface area contributed by atoms with Gasteiger partial charge in [-0.1, -0.05) is 32.0 Å². The Morgan fingerprint density at radius 2 is 1.67 bits per heavy atom. The van der Waals surface area contributed by atoms with E-state index in [2.05, 4.69) is 26.0 Å². The number of fused-ring (bicyclic) bond motifs is 1. The van der Waals surface area contributed by atoms with E-state index in [-0.39, 0.29) is 0 Å². The lowest BCUT2D eigenvalue weighted by molar-refractivity contribution is 0.481. The van der Waals surface area contributed by atoms with E-state index in [1.165, 1.54) is 11.1 Å². The van der Waals surface area contributed by atoms with Crippen LogP contribution in [0.1, 0.15) is 25.0 Å². The van der Waals surface area contributed by atoms with E-state index in [1.807, 2.05) is 12.1 Å². The van der Waals surface area contributed by atoms with Crippen LogP contribution in [-0.4, -0.2) is 5.11 Å². The molecule has 0 aliphatic heterocycles. The van der Waals surface area contributed by atoms with Crippen LogP contribution in [0.25, 0.3) is 10.8 Å². The minimum Gasteiger partial charge on any atom is -0.507 e. The number of hydrogen-bond acceptors (Lipinski definition) is 1. The maximum Gasteiger partial charge on any atom is 0.123 e. The summed E-state index contributed by atoms with van der Waals surface area (Å²) in [5.41, 5.74) is 2.72. The van der Waals surface area contributed by atoms with Crippen molar-refractivity contribution < 1.29 is 5.11 Å². The quantitative estimate of drug-likeness (QED) is 0.784. The van der Waals surface area contributed by atoms with Crippen LogP contribution in [0.3, 0.4) is 0 Å². The Morgan fingerprint density at radius 3 is 2.33 bits per heavy atom. The summed E-state index contributed by atoms with van der Waals surface area (Å²) in [7, 11) is 0. The van der Waals surface area contributed by atoms with Crippen molar-refractivity contribution in [3.05, 3.63) is 41.5 Å². The minimum atomic E-state index is 0.379. The molecule has 78 valence electrons. The summed E-state index contributed by atoms with van der Waals surface area (Å²) in [4.78, 5) is 0. The van der Waals surface area contributed by atoms with Gasteiger partial charge in [-0.15, -0.1) is 0 Å². The van der Waals surface area contributed by atoms with E-state index in [1.54, 1.807) is 6.07 Å². The number of aromatic hydroxyl groups is 1. The monoisotopic (exact) mass is 200 g/mol. The molecule has 0 unspecified atom stereocenters. The molecule has 2 rings (SSSR count). The molecule has 0 saturated carbocycles. The Bertz CT molecular complexity index is 486. The number of rotatable bonds is 2. The largest absolute Gasteiger partial charge is 0.507 e. The summed E-state index contributed by atoms with van der Waals surface area (Å²) in [6.45, 7) is 4.32. The topological polar surface area (TPSA) is 20.2 Å². The number of hydrogen-bond donors (Lipinski definition) is 1. The molecule has 0 fully saturated rings. The molecule has 1 N–H and O–H groups in total. The van der Waals surface area contributed by atoms with Gasteiger partial charge in [-0.05, 0) is 41.5 Å². The average Bonchev–Trinajstić information content (AvgIpc) is 2.28. The van der Waals surface area contributed by atoms with Crippen LogP contribution in [0.5, 0.6) is 5.75 Å². The molecule has 0 heterocycles. The van der Waals surface area contributed by atoms with Gasteiger partial charge in [0.1, 0.15) is 5.75 Å². The summed E-state index contributed by atoms with van der Waals surface area (Å²) in [5, 5.41) is 11.8. The van der Waals surface area contributed by atoms with Crippen molar-refractivity contribution in [3.8, 4) is 5.75 Å². The molecule has 2 aromatic carbocycles. The van der Waals surface area contributed by atoms with Crippen LogP contribution in [0, 0.1) is 0 Å². The molecule has 1 nitrogen and oxygen atoms in total. The smallest absolute Gasteiger partial charge is 0.123 e. The van der Waals surface area contributed by atoms with E-state index >= 15 is 0 Å². The highest BCUT2D eigenvalue weighted by Crippen LogP contribution is 2.27. The van der Waals surface area contributed by atoms with Crippen molar-refractivity contribution in [2.75, 3.05) is 0 Å². The molecule has 0 aromatic heterocycles. The predicted molar refractivity (Wildman–Crippen MR) is 64.4 cm³/mol. The zero-order chi connectivity index (χ0) is 10.8. The summed E-state index contributed by atoms with van der Waals surface area (Å²) < 4.78 is 0. The second kappa shape index (κ2) is 3.93. The van der Waals surface area contributed by atoms with Gasteiger partial charge in [0.15, 0.2) is 0 Å². The lowest BCUT2D eigenvalue weighted by Gasteiger charge is -2.09. The maximum absolute atomic E-state index is 9.75. The normalized spacial score (nSPS) is 10.8. The fourth-order valence-corrected chi connectivity index (χ4v) is 2.06. The molecule has 1 heteroatoms. The molecular formula is C14H16O. The molecule has 0 radical (unpaired) electrons. The van der Waals surface area contributed by atoms with Gasteiger partial charge in [-0.3, -0.25) is 0 Å². The van der Waals surface area contributed by atoms with Gasteiger partial charge in [0.25, 0.3) is 0 Å². The molecule has 0 saturated heterocycles. The van der Waals surface area contributed by atoms with Crippen molar-refractivity contribution in [3.63, 3.8) is 0 Å². The molecule has 15 heavy (non-hydrogen) atoms. The van der Waals surface area contributed by atoms with Crippen molar-refractivity contribution in [2.45, 2.75) is 26.7 Å². The van der Waals surface area contributed by atoms with Crippen LogP contribution in [-0.2, 0) is 12.8 Å². The van der Waals surface area contributed by atoms with E-state index in [4.69, 9.17) is 0 Å². The Labute approximate surface area is 90.4 Å². The van der Waals surface area contributed by atoms with E-state index in [9.17, 15) is 5.11 Å². The fraction of sp³-hybridized carbons (Fsp3) is 0.286. The van der Waals surface area contributed by atoms with Gasteiger partial charge in [-0.25, -0.2) is 0 Å². The molecule has 2 aromatic rings. The van der Waals surface area contributed by atoms with Crippen LogP contribution in [0.2, 0.25) is 0 Å². The third-order valence-corrected chi connectivity index (χ3v) is 2.94. The molecule has 0 atom stereocenters. The fourth-order valence-electron chi connectivity index (χ4n) is 2.06. The van der Waals surface area contributed by atoms with Gasteiger partial charge in [0, 0.05) is 5.39 Å². The maximum atomic E-state index is 9.75. The van der Waals surface area contributed by atoms with E-state index < -0.39 is 0 Å². The van der Waals surface area contributed by atoms with Crippen LogP contribution >= 0.6 is 0 Å². The molecule has 0 amide bonds. The SMILES string of the molecule is CCc1cc2cccc(O)c2cc1CC. The first-order valence-corrected chi connectivity index (χ1v) is 5.49. The van der Waals surface area contributed by atoms with Crippen molar-refractivity contribution in [2.24, 2.45) is 0 Å². The highest BCUT2D eigenvalue weighted by molar-refractivity contribution is 5.89. The van der Waals surface area contributed by atoms with Crippen molar-refractivity contribution in [1.82, 2.24) is 0 Å². The number of aryl methyl sites for hydroxylation is 2. The third kappa shape index (κ3) is 1.70. The average molecular weight is 200 g/mol. The molecular weight excluding hydrogens is 184 g/mol. The molecule has 0 spiro atoms. The first-order chi connectivity index (χ1) is 7.26. The van der Waals surface area contributed by atoms with Crippen molar-refractivity contribution >= 4 is 10.8 Å². The standard InChI is InChI=1S/C14H16O/c1-3-10-8-12-6-5-7-14(15)13(12)9-11(10)4-2/h5-9,15H,3-4H2,1-2H3. The zero-order valence-electron chi connectivity index (χ0n) is 9.25. The number of phenols is 1. The Hall–Kier alpha value is -1.50. The number of benzene rings is 2. The minimum absolute atomic E-state index is 0.379. The van der Waals surface area contributed by atoms with Crippen molar-refractivity contribution in [1.29, 1.82) is 0 Å². The second-order valence-corrected chi connectivity index (χ2v) is 3.83. The van der Waals surface area contributed by atoms with Gasteiger partial charge in [0.05, 0.1) is 0 Å². The predicted octanol–water partition coefficient (Wildman–Crippen LogP) is 3.67. The van der Waals surface area contributed by atoms with Gasteiger partial charge < -0.3 is 5.11 Å². The van der Waals surface area contributed by atoms with E-state index in [0.717, 1.165) is 23.6 Å². The molecule has 0 aliphatic carbocycles. The van der Waals surface area contributed by atoms with Crippen LogP contribution in [0.4, 0.5) is 0 Å². The van der Waals surface area contributed by atoms with Gasteiger partial charge in [-0.2, -0.15) is 0 Å².